The van der Waals surface area contributed by atoms with Crippen LogP contribution >= 0.6 is 0 Å². The minimum atomic E-state index is -0.152. The standard InChI is InChI=1S/C33H40N8/c1-22-27(20-39(8)37-22)21-41-28(32(2,3)4)14-26-12-23(16-35-31(26)41)15-33(5,6)29-13-25-10-9-11-34-30(25)40(29)19-24-17-36-38(7)18-24/h9-14,16-18,20H,15,19,21H2,1-8H3. The third kappa shape index (κ3) is 5.07. The smallest absolute Gasteiger partial charge is 0.140 e. The van der Waals surface area contributed by atoms with Crippen molar-refractivity contribution < 1.29 is 0 Å². The van der Waals surface area contributed by atoms with Gasteiger partial charge in [-0.25, -0.2) is 9.97 Å². The lowest BCUT2D eigenvalue weighted by molar-refractivity contribution is 0.481. The minimum absolute atomic E-state index is 0.0174. The maximum absolute atomic E-state index is 5.07. The van der Waals surface area contributed by atoms with Gasteiger partial charge in [0.05, 0.1) is 25.0 Å². The molecule has 0 fully saturated rings. The summed E-state index contributed by atoms with van der Waals surface area (Å²) in [6.07, 6.45) is 10.9. The van der Waals surface area contributed by atoms with E-state index in [1.165, 1.54) is 27.9 Å². The zero-order chi connectivity index (χ0) is 29.1. The molecule has 0 saturated heterocycles. The lowest BCUT2D eigenvalue weighted by atomic mass is 9.82. The predicted molar refractivity (Wildman–Crippen MR) is 164 cm³/mol. The highest BCUT2D eigenvalue weighted by molar-refractivity contribution is 5.79. The molecule has 6 aromatic heterocycles. The Morgan fingerprint density at radius 3 is 2.17 bits per heavy atom. The topological polar surface area (TPSA) is 71.3 Å². The van der Waals surface area contributed by atoms with Crippen LogP contribution in [0.15, 0.2) is 61.3 Å². The largest absolute Gasteiger partial charge is 0.325 e. The molecule has 0 aliphatic rings. The van der Waals surface area contributed by atoms with Crippen molar-refractivity contribution in [2.24, 2.45) is 14.1 Å². The molecule has 0 saturated carbocycles. The van der Waals surface area contributed by atoms with Crippen LogP contribution in [0.3, 0.4) is 0 Å². The number of pyridine rings is 2. The summed E-state index contributed by atoms with van der Waals surface area (Å²) in [5, 5.41) is 11.3. The molecule has 41 heavy (non-hydrogen) atoms. The maximum atomic E-state index is 5.07. The van der Waals surface area contributed by atoms with Crippen LogP contribution in [0.1, 0.15) is 68.4 Å². The van der Waals surface area contributed by atoms with E-state index in [0.717, 1.165) is 47.4 Å². The van der Waals surface area contributed by atoms with Gasteiger partial charge in [-0.2, -0.15) is 10.2 Å². The van der Waals surface area contributed by atoms with Gasteiger partial charge >= 0.3 is 0 Å². The molecular weight excluding hydrogens is 508 g/mol. The van der Waals surface area contributed by atoms with Crippen molar-refractivity contribution in [1.29, 1.82) is 0 Å². The van der Waals surface area contributed by atoms with Gasteiger partial charge in [0.2, 0.25) is 0 Å². The molecule has 0 N–H and O–H groups in total. The van der Waals surface area contributed by atoms with E-state index >= 15 is 0 Å². The second-order valence-electron chi connectivity index (χ2n) is 13.2. The summed E-state index contributed by atoms with van der Waals surface area (Å²) in [5.74, 6) is 0. The lowest BCUT2D eigenvalue weighted by Gasteiger charge is -2.27. The summed E-state index contributed by atoms with van der Waals surface area (Å²) >= 11 is 0. The first-order chi connectivity index (χ1) is 19.4. The summed E-state index contributed by atoms with van der Waals surface area (Å²) < 4.78 is 8.46. The highest BCUT2D eigenvalue weighted by atomic mass is 15.3. The van der Waals surface area contributed by atoms with Gasteiger partial charge in [-0.1, -0.05) is 34.6 Å². The fraction of sp³-hybridized carbons (Fsp3) is 0.394. The van der Waals surface area contributed by atoms with Crippen molar-refractivity contribution in [2.75, 3.05) is 0 Å². The summed E-state index contributed by atoms with van der Waals surface area (Å²) in [6, 6.07) is 11.1. The average Bonchev–Trinajstić information content (AvgIpc) is 3.65. The summed E-state index contributed by atoms with van der Waals surface area (Å²) in [5.41, 5.74) is 9.07. The molecule has 0 amide bonds. The number of hydrogen-bond donors (Lipinski definition) is 0. The molecule has 6 heterocycles. The summed E-state index contributed by atoms with van der Waals surface area (Å²) in [4.78, 5) is 9.83. The normalized spacial score (nSPS) is 12.7. The fourth-order valence-electron chi connectivity index (χ4n) is 6.19. The van der Waals surface area contributed by atoms with E-state index in [2.05, 4.69) is 104 Å². The first-order valence-corrected chi connectivity index (χ1v) is 14.3. The van der Waals surface area contributed by atoms with Crippen LogP contribution in [-0.4, -0.2) is 38.7 Å². The molecule has 0 bridgehead atoms. The molecule has 212 valence electrons. The monoisotopic (exact) mass is 548 g/mol. The lowest BCUT2D eigenvalue weighted by Crippen LogP contribution is -2.25. The van der Waals surface area contributed by atoms with E-state index in [0.29, 0.717) is 0 Å². The fourth-order valence-corrected chi connectivity index (χ4v) is 6.19. The zero-order valence-electron chi connectivity index (χ0n) is 25.5. The highest BCUT2D eigenvalue weighted by Gasteiger charge is 2.28. The van der Waals surface area contributed by atoms with Crippen LogP contribution in [0, 0.1) is 6.92 Å². The van der Waals surface area contributed by atoms with Gasteiger partial charge in [0.15, 0.2) is 0 Å². The highest BCUT2D eigenvalue weighted by Crippen LogP contribution is 2.35. The Hall–Kier alpha value is -4.20. The van der Waals surface area contributed by atoms with E-state index in [-0.39, 0.29) is 10.8 Å². The van der Waals surface area contributed by atoms with Gasteiger partial charge in [0.1, 0.15) is 11.3 Å². The third-order valence-corrected chi connectivity index (χ3v) is 8.10. The van der Waals surface area contributed by atoms with E-state index in [4.69, 9.17) is 9.97 Å². The molecule has 0 atom stereocenters. The Morgan fingerprint density at radius 1 is 0.756 bits per heavy atom. The van der Waals surface area contributed by atoms with E-state index in [9.17, 15) is 0 Å². The molecule has 8 heteroatoms. The van der Waals surface area contributed by atoms with Crippen molar-refractivity contribution in [3.05, 3.63) is 95.1 Å². The Balaban J connectivity index is 1.38. The third-order valence-electron chi connectivity index (χ3n) is 8.10. The zero-order valence-corrected chi connectivity index (χ0v) is 25.5. The Morgan fingerprint density at radius 2 is 1.49 bits per heavy atom. The molecule has 8 nitrogen and oxygen atoms in total. The van der Waals surface area contributed by atoms with Crippen molar-refractivity contribution in [1.82, 2.24) is 38.7 Å². The predicted octanol–water partition coefficient (Wildman–Crippen LogP) is 6.08. The first-order valence-electron chi connectivity index (χ1n) is 14.3. The van der Waals surface area contributed by atoms with Gasteiger partial charge in [0, 0.05) is 83.0 Å². The van der Waals surface area contributed by atoms with Crippen molar-refractivity contribution in [3.8, 4) is 0 Å². The molecule has 0 spiro atoms. The van der Waals surface area contributed by atoms with Crippen LogP contribution in [0.5, 0.6) is 0 Å². The number of rotatable bonds is 7. The first kappa shape index (κ1) is 27.0. The molecule has 0 aliphatic carbocycles. The maximum Gasteiger partial charge on any atom is 0.140 e. The van der Waals surface area contributed by atoms with Gasteiger partial charge < -0.3 is 9.13 Å². The number of nitrogens with zero attached hydrogens (tertiary/aromatic N) is 8. The molecule has 0 aliphatic heterocycles. The summed E-state index contributed by atoms with van der Waals surface area (Å²) in [7, 11) is 3.94. The molecule has 0 radical (unpaired) electrons. The molecule has 0 unspecified atom stereocenters. The van der Waals surface area contributed by atoms with Crippen molar-refractivity contribution in [3.63, 3.8) is 0 Å². The number of hydrogen-bond acceptors (Lipinski definition) is 4. The Kier molecular flexibility index (Phi) is 6.40. The van der Waals surface area contributed by atoms with E-state index in [1.807, 2.05) is 41.9 Å². The second kappa shape index (κ2) is 9.72. The van der Waals surface area contributed by atoms with Gasteiger partial charge in [-0.15, -0.1) is 0 Å². The Labute approximate surface area is 241 Å². The van der Waals surface area contributed by atoms with Crippen molar-refractivity contribution in [2.45, 2.75) is 71.9 Å². The van der Waals surface area contributed by atoms with E-state index in [1.54, 1.807) is 0 Å². The quantitative estimate of drug-likeness (QED) is 0.243. The van der Waals surface area contributed by atoms with E-state index < -0.39 is 0 Å². The summed E-state index contributed by atoms with van der Waals surface area (Å²) in [6.45, 7) is 15.0. The molecule has 6 aromatic rings. The average molecular weight is 549 g/mol. The van der Waals surface area contributed by atoms with Crippen molar-refractivity contribution >= 4 is 22.1 Å². The number of fused-ring (bicyclic) bond motifs is 2. The van der Waals surface area contributed by atoms with Crippen LogP contribution in [0.2, 0.25) is 0 Å². The van der Waals surface area contributed by atoms with Crippen LogP contribution in [0.25, 0.3) is 22.1 Å². The van der Waals surface area contributed by atoms with Crippen LogP contribution < -0.4 is 0 Å². The minimum Gasteiger partial charge on any atom is -0.325 e. The molecule has 6 rings (SSSR count). The number of aryl methyl sites for hydroxylation is 3. The molecular formula is C33H40N8. The van der Waals surface area contributed by atoms with Gasteiger partial charge in [-0.05, 0) is 49.2 Å². The number of aromatic nitrogens is 8. The van der Waals surface area contributed by atoms with Crippen LogP contribution in [-0.2, 0) is 44.4 Å². The van der Waals surface area contributed by atoms with Crippen LogP contribution in [0.4, 0.5) is 0 Å². The Bertz CT molecular complexity index is 1870. The SMILES string of the molecule is Cc1nn(C)cc1Cn1c(C(C)(C)C)cc2cc(CC(C)(C)c3cc4cccnc4n3Cc3cnn(C)c3)cnc21. The van der Waals surface area contributed by atoms with Gasteiger partial charge in [0.25, 0.3) is 0 Å². The second-order valence-corrected chi connectivity index (χ2v) is 13.2. The van der Waals surface area contributed by atoms with Gasteiger partial charge in [-0.3, -0.25) is 9.36 Å². The molecule has 0 aromatic carbocycles.